The summed E-state index contributed by atoms with van der Waals surface area (Å²) in [4.78, 5) is 70.6. The maximum atomic E-state index is 14.1. The van der Waals surface area contributed by atoms with Crippen LogP contribution < -0.4 is 21.1 Å². The summed E-state index contributed by atoms with van der Waals surface area (Å²) in [6, 6.07) is 8.90. The zero-order valence-corrected chi connectivity index (χ0v) is 34.0. The molecule has 0 saturated carbocycles. The molecule has 3 aliphatic heterocycles. The summed E-state index contributed by atoms with van der Waals surface area (Å²) in [6.45, 7) is 3.14. The number of anilines is 2. The third kappa shape index (κ3) is 9.36. The monoisotopic (exact) mass is 846 g/mol. The van der Waals surface area contributed by atoms with Crippen molar-refractivity contribution in [2.45, 2.75) is 95.9 Å². The molecular formula is C42H45Cl2FN8O6. The number of nitrogens with two attached hydrogens (primary N) is 1. The van der Waals surface area contributed by atoms with Crippen molar-refractivity contribution in [1.29, 1.82) is 0 Å². The molecule has 2 aromatic carbocycles. The Kier molecular flexibility index (Phi) is 12.8. The average molecular weight is 848 g/mol. The van der Waals surface area contributed by atoms with Crippen molar-refractivity contribution >= 4 is 64.2 Å². The zero-order valence-electron chi connectivity index (χ0n) is 32.5. The lowest BCUT2D eigenvalue weighted by atomic mass is 10.0. The van der Waals surface area contributed by atoms with Gasteiger partial charge < -0.3 is 25.6 Å². The predicted molar refractivity (Wildman–Crippen MR) is 219 cm³/mol. The number of halogens is 3. The fourth-order valence-electron chi connectivity index (χ4n) is 7.93. The van der Waals surface area contributed by atoms with Crippen LogP contribution in [0.1, 0.15) is 105 Å². The van der Waals surface area contributed by atoms with E-state index in [0.717, 1.165) is 43.2 Å². The molecule has 17 heteroatoms. The van der Waals surface area contributed by atoms with Crippen LogP contribution in [0.15, 0.2) is 55.0 Å². The highest BCUT2D eigenvalue weighted by Gasteiger charge is 2.40. The highest BCUT2D eigenvalue weighted by Crippen LogP contribution is 2.38. The van der Waals surface area contributed by atoms with E-state index in [2.05, 4.69) is 20.7 Å². The van der Waals surface area contributed by atoms with E-state index in [1.165, 1.54) is 17.0 Å². The Morgan fingerprint density at radius 2 is 1.78 bits per heavy atom. The number of nitrogens with zero attached hydrogens (tertiary/aromatic N) is 5. The quantitative estimate of drug-likeness (QED) is 0.0683. The number of hydrogen-bond acceptors (Lipinski definition) is 9. The Morgan fingerprint density at radius 1 is 1.02 bits per heavy atom. The number of ether oxygens (including phenoxy) is 1. The first-order chi connectivity index (χ1) is 28.4. The van der Waals surface area contributed by atoms with Crippen LogP contribution in [0.2, 0.25) is 10.0 Å². The zero-order chi connectivity index (χ0) is 41.8. The SMILES string of the molecule is CC(Oc1cc(-c2cnn(C3CCN(C(=O)CCCCCCC(=O)Nc4cccc5c4CN(C4CCC(=O)NC4=O)C5=O)CC3)c2)cnc1N)c1c(Cl)ccc(F)c1Cl. The molecule has 3 aliphatic rings. The summed E-state index contributed by atoms with van der Waals surface area (Å²) in [5.74, 6) is -1.31. The molecule has 7 rings (SSSR count). The molecule has 14 nitrogen and oxygen atoms in total. The maximum absolute atomic E-state index is 14.1. The number of aromatic nitrogens is 3. The third-order valence-electron chi connectivity index (χ3n) is 11.2. The molecule has 310 valence electrons. The molecule has 2 unspecified atom stereocenters. The molecule has 2 aromatic heterocycles. The summed E-state index contributed by atoms with van der Waals surface area (Å²) in [5, 5.41) is 10.00. The second kappa shape index (κ2) is 18.2. The molecule has 4 aromatic rings. The van der Waals surface area contributed by atoms with Crippen LogP contribution >= 0.6 is 23.2 Å². The van der Waals surface area contributed by atoms with Gasteiger partial charge in [-0.05, 0) is 69.4 Å². The Balaban J connectivity index is 0.816. The van der Waals surface area contributed by atoms with Gasteiger partial charge in [-0.2, -0.15) is 5.10 Å². The van der Waals surface area contributed by atoms with Crippen LogP contribution in [-0.2, 0) is 25.7 Å². The minimum atomic E-state index is -0.725. The molecule has 0 radical (unpaired) electrons. The Morgan fingerprint density at radius 3 is 2.54 bits per heavy atom. The molecule has 2 fully saturated rings. The van der Waals surface area contributed by atoms with Crippen molar-refractivity contribution in [3.8, 4) is 16.9 Å². The van der Waals surface area contributed by atoms with Gasteiger partial charge in [0, 0.05) is 89.8 Å². The van der Waals surface area contributed by atoms with E-state index in [1.807, 2.05) is 15.8 Å². The number of imide groups is 1. The van der Waals surface area contributed by atoms with Gasteiger partial charge in [0.05, 0.1) is 17.3 Å². The first-order valence-electron chi connectivity index (χ1n) is 19.8. The molecule has 2 atom stereocenters. The number of carbonyl (C=O) groups is 5. The van der Waals surface area contributed by atoms with Gasteiger partial charge in [0.2, 0.25) is 23.6 Å². The highest BCUT2D eigenvalue weighted by atomic mass is 35.5. The van der Waals surface area contributed by atoms with Crippen molar-refractivity contribution < 1.29 is 33.1 Å². The molecule has 4 N–H and O–H groups in total. The topological polar surface area (TPSA) is 182 Å². The molecule has 5 heterocycles. The fourth-order valence-corrected chi connectivity index (χ4v) is 8.61. The van der Waals surface area contributed by atoms with Crippen molar-refractivity contribution in [3.63, 3.8) is 0 Å². The number of piperidine rings is 2. The van der Waals surface area contributed by atoms with Crippen LogP contribution in [0.4, 0.5) is 15.9 Å². The molecule has 0 bridgehead atoms. The number of fused-ring (bicyclic) bond motifs is 1. The lowest BCUT2D eigenvalue weighted by Crippen LogP contribution is -2.52. The molecule has 0 aliphatic carbocycles. The number of nitrogens with one attached hydrogen (secondary N) is 2. The Labute approximate surface area is 350 Å². The third-order valence-corrected chi connectivity index (χ3v) is 11.9. The second-order valence-corrected chi connectivity index (χ2v) is 15.9. The summed E-state index contributed by atoms with van der Waals surface area (Å²) < 4.78 is 22.1. The van der Waals surface area contributed by atoms with Crippen LogP contribution in [0.3, 0.4) is 0 Å². The number of rotatable bonds is 14. The Hall–Kier alpha value is -5.54. The number of carbonyl (C=O) groups excluding carboxylic acids is 5. The predicted octanol–water partition coefficient (Wildman–Crippen LogP) is 7.02. The van der Waals surface area contributed by atoms with Crippen LogP contribution in [0, 0.1) is 5.82 Å². The average Bonchev–Trinajstić information content (AvgIpc) is 3.84. The van der Waals surface area contributed by atoms with Gasteiger partial charge in [-0.25, -0.2) is 9.37 Å². The first-order valence-corrected chi connectivity index (χ1v) is 20.6. The molecular weight excluding hydrogens is 802 g/mol. The van der Waals surface area contributed by atoms with Crippen molar-refractivity contribution in [1.82, 2.24) is 29.9 Å². The van der Waals surface area contributed by atoms with E-state index in [9.17, 15) is 28.4 Å². The van der Waals surface area contributed by atoms with E-state index in [0.29, 0.717) is 60.5 Å². The number of benzene rings is 2. The number of nitrogen functional groups attached to an aromatic ring is 1. The lowest BCUT2D eigenvalue weighted by Gasteiger charge is -2.32. The van der Waals surface area contributed by atoms with Crippen molar-refractivity contribution in [2.24, 2.45) is 0 Å². The number of hydrogen-bond donors (Lipinski definition) is 3. The standard InChI is InChI=1S/C42H45Cl2FN8O6/c1-24(38-30(43)11-12-31(45)39(38)44)59-34-19-25(20-47-40(34)46)26-21-48-53(22-26)27-15-17-51(18-16-27)37(56)10-5-3-2-4-9-35(54)49-32-8-6-7-28-29(32)23-52(42(28)58)33-13-14-36(55)50-41(33)57/h6-8,11-12,19-22,24,27,33H,2-5,9-10,13-18,23H2,1H3,(H2,46,47)(H,49,54)(H,50,55,57). The van der Waals surface area contributed by atoms with Gasteiger partial charge in [-0.15, -0.1) is 0 Å². The van der Waals surface area contributed by atoms with Crippen molar-refractivity contribution in [2.75, 3.05) is 24.1 Å². The van der Waals surface area contributed by atoms with Gasteiger partial charge in [0.25, 0.3) is 5.91 Å². The molecule has 0 spiro atoms. The number of likely N-dealkylation sites (tertiary alicyclic amines) is 1. The molecule has 59 heavy (non-hydrogen) atoms. The summed E-state index contributed by atoms with van der Waals surface area (Å²) in [6.07, 6.45) is 10.3. The summed E-state index contributed by atoms with van der Waals surface area (Å²) in [7, 11) is 0. The molecule has 5 amide bonds. The van der Waals surface area contributed by atoms with E-state index >= 15 is 0 Å². The van der Waals surface area contributed by atoms with E-state index in [4.69, 9.17) is 33.7 Å². The maximum Gasteiger partial charge on any atom is 0.255 e. The van der Waals surface area contributed by atoms with Gasteiger partial charge in [0.15, 0.2) is 11.6 Å². The van der Waals surface area contributed by atoms with Gasteiger partial charge in [-0.3, -0.25) is 34.0 Å². The minimum absolute atomic E-state index is 0.115. The number of pyridine rings is 1. The van der Waals surface area contributed by atoms with Gasteiger partial charge >= 0.3 is 0 Å². The smallest absolute Gasteiger partial charge is 0.255 e. The first kappa shape index (κ1) is 41.6. The molecule has 2 saturated heterocycles. The second-order valence-electron chi connectivity index (χ2n) is 15.1. The van der Waals surface area contributed by atoms with Crippen molar-refractivity contribution in [3.05, 3.63) is 87.5 Å². The van der Waals surface area contributed by atoms with Crippen LogP contribution in [0.5, 0.6) is 5.75 Å². The van der Waals surface area contributed by atoms with E-state index in [1.54, 1.807) is 43.6 Å². The normalized spacial score (nSPS) is 17.5. The largest absolute Gasteiger partial charge is 0.482 e. The number of amides is 5. The Bertz CT molecular complexity index is 2280. The lowest BCUT2D eigenvalue weighted by molar-refractivity contribution is -0.137. The van der Waals surface area contributed by atoms with E-state index in [-0.39, 0.29) is 64.9 Å². The number of unbranched alkanes of at least 4 members (excludes halogenated alkanes) is 3. The van der Waals surface area contributed by atoms with Gasteiger partial charge in [-0.1, -0.05) is 42.1 Å². The summed E-state index contributed by atoms with van der Waals surface area (Å²) in [5.41, 5.74) is 9.63. The minimum Gasteiger partial charge on any atom is -0.482 e. The van der Waals surface area contributed by atoms with Crippen LogP contribution in [0.25, 0.3) is 11.1 Å². The van der Waals surface area contributed by atoms with Crippen LogP contribution in [-0.4, -0.2) is 73.2 Å². The fraction of sp³-hybridized carbons (Fsp3) is 0.405. The summed E-state index contributed by atoms with van der Waals surface area (Å²) >= 11 is 12.5. The van der Waals surface area contributed by atoms with E-state index < -0.39 is 23.9 Å². The van der Waals surface area contributed by atoms with Gasteiger partial charge in [0.1, 0.15) is 18.0 Å². The highest BCUT2D eigenvalue weighted by molar-refractivity contribution is 6.36.